The Bertz CT molecular complexity index is 1770. The van der Waals surface area contributed by atoms with Gasteiger partial charge in [-0.15, -0.1) is 0 Å². The lowest BCUT2D eigenvalue weighted by atomic mass is 10.0. The number of carbonyl (C=O) groups is 1. The number of nitrogens with one attached hydrogen (secondary N) is 2. The van der Waals surface area contributed by atoms with Crippen molar-refractivity contribution in [1.29, 1.82) is 0 Å². The van der Waals surface area contributed by atoms with Gasteiger partial charge in [-0.05, 0) is 79.1 Å². The average Bonchev–Trinajstić information content (AvgIpc) is 2.94. The lowest BCUT2D eigenvalue weighted by molar-refractivity contribution is 0.102. The smallest absolute Gasteiger partial charge is 0.261 e. The molecule has 8 nitrogen and oxygen atoms in total. The molecule has 0 aromatic heterocycles. The van der Waals surface area contributed by atoms with Crippen molar-refractivity contribution in [3.63, 3.8) is 0 Å². The van der Waals surface area contributed by atoms with Crippen LogP contribution in [0.1, 0.15) is 35.7 Å². The number of piperidine rings is 1. The molecule has 0 atom stereocenters. The van der Waals surface area contributed by atoms with Gasteiger partial charge in [0.1, 0.15) is 0 Å². The normalized spacial score (nSPS) is 15.2. The minimum Gasteiger partial charge on any atom is -0.322 e. The van der Waals surface area contributed by atoms with E-state index in [0.717, 1.165) is 23.6 Å². The van der Waals surface area contributed by atoms with E-state index in [4.69, 9.17) is 0 Å². The summed E-state index contributed by atoms with van der Waals surface area (Å²) in [4.78, 5) is 13.3. The maximum Gasteiger partial charge on any atom is 0.261 e. The van der Waals surface area contributed by atoms with Crippen LogP contribution in [0.5, 0.6) is 0 Å². The molecule has 10 heteroatoms. The molecular formula is C30H31N3O5S2. The van der Waals surface area contributed by atoms with Crippen LogP contribution in [-0.4, -0.2) is 40.1 Å². The van der Waals surface area contributed by atoms with Crippen LogP contribution in [0.4, 0.5) is 11.4 Å². The molecule has 40 heavy (non-hydrogen) atoms. The third kappa shape index (κ3) is 5.74. The molecule has 1 fully saturated rings. The van der Waals surface area contributed by atoms with E-state index in [-0.39, 0.29) is 15.4 Å². The molecule has 1 aliphatic heterocycles. The average molecular weight is 578 g/mol. The largest absolute Gasteiger partial charge is 0.322 e. The number of hydrogen-bond donors (Lipinski definition) is 2. The van der Waals surface area contributed by atoms with Crippen LogP contribution in [-0.2, 0) is 20.0 Å². The Morgan fingerprint density at radius 2 is 1.48 bits per heavy atom. The molecule has 0 spiro atoms. The van der Waals surface area contributed by atoms with Gasteiger partial charge in [0.05, 0.1) is 15.5 Å². The maximum absolute atomic E-state index is 13.2. The monoisotopic (exact) mass is 577 g/mol. The Labute approximate surface area is 235 Å². The van der Waals surface area contributed by atoms with Crippen molar-refractivity contribution in [3.05, 3.63) is 96.1 Å². The second-order valence-corrected chi connectivity index (χ2v) is 13.8. The van der Waals surface area contributed by atoms with E-state index in [0.29, 0.717) is 35.9 Å². The van der Waals surface area contributed by atoms with Crippen LogP contribution in [0, 0.1) is 12.8 Å². The number of hydrogen-bond acceptors (Lipinski definition) is 5. The van der Waals surface area contributed by atoms with Crippen LogP contribution in [0.2, 0.25) is 0 Å². The number of anilines is 2. The lowest BCUT2D eigenvalue weighted by Crippen LogP contribution is -2.38. The van der Waals surface area contributed by atoms with E-state index in [1.165, 1.54) is 40.7 Å². The van der Waals surface area contributed by atoms with Crippen molar-refractivity contribution >= 4 is 48.1 Å². The molecule has 0 unspecified atom stereocenters. The molecule has 1 amide bonds. The van der Waals surface area contributed by atoms with Crippen molar-refractivity contribution in [3.8, 4) is 0 Å². The highest BCUT2D eigenvalue weighted by molar-refractivity contribution is 7.92. The first-order chi connectivity index (χ1) is 19.0. The molecule has 0 bridgehead atoms. The van der Waals surface area contributed by atoms with Gasteiger partial charge in [-0.1, -0.05) is 49.4 Å². The van der Waals surface area contributed by atoms with Crippen molar-refractivity contribution in [1.82, 2.24) is 4.31 Å². The standard InChI is InChI=1S/C30H31N3O5S2/c1-21-16-18-33(19-17-21)40(37,38)26-13-10-22(2)28(20-26)30(34)31-24-11-14-25(15-12-24)39(35,36)32-29-9-5-7-23-6-3-4-8-27(23)29/h3-15,20-21,32H,16-19H2,1-2H3,(H,31,34). The highest BCUT2D eigenvalue weighted by atomic mass is 32.2. The number of nitrogens with zero attached hydrogens (tertiary/aromatic N) is 1. The van der Waals surface area contributed by atoms with Crippen LogP contribution < -0.4 is 10.0 Å². The summed E-state index contributed by atoms with van der Waals surface area (Å²) in [5, 5.41) is 4.45. The first-order valence-corrected chi connectivity index (χ1v) is 16.0. The predicted octanol–water partition coefficient (Wildman–Crippen LogP) is 5.62. The Morgan fingerprint density at radius 1 is 0.825 bits per heavy atom. The summed E-state index contributed by atoms with van der Waals surface area (Å²) in [7, 11) is -7.59. The Kier molecular flexibility index (Phi) is 7.67. The second-order valence-electron chi connectivity index (χ2n) is 10.2. The van der Waals surface area contributed by atoms with E-state index in [2.05, 4.69) is 17.0 Å². The zero-order chi connectivity index (χ0) is 28.5. The van der Waals surface area contributed by atoms with Crippen molar-refractivity contribution < 1.29 is 21.6 Å². The molecule has 5 rings (SSSR count). The zero-order valence-electron chi connectivity index (χ0n) is 22.3. The SMILES string of the molecule is Cc1ccc(S(=O)(=O)N2CCC(C)CC2)cc1C(=O)Nc1ccc(S(=O)(=O)Nc2cccc3ccccc23)cc1. The van der Waals surface area contributed by atoms with E-state index >= 15 is 0 Å². The number of carbonyl (C=O) groups excluding carboxylic acids is 1. The third-order valence-corrected chi connectivity index (χ3v) is 10.6. The number of aryl methyl sites for hydroxylation is 1. The number of fused-ring (bicyclic) bond motifs is 1. The van der Waals surface area contributed by atoms with Crippen LogP contribution >= 0.6 is 0 Å². The van der Waals surface area contributed by atoms with Crippen molar-refractivity contribution in [2.45, 2.75) is 36.5 Å². The molecule has 0 radical (unpaired) electrons. The molecule has 1 aliphatic rings. The summed E-state index contributed by atoms with van der Waals surface area (Å²) in [6.07, 6.45) is 1.61. The molecule has 1 saturated heterocycles. The number of amides is 1. The summed E-state index contributed by atoms with van der Waals surface area (Å²) in [5.41, 5.74) is 1.72. The molecular weight excluding hydrogens is 546 g/mol. The molecule has 4 aromatic carbocycles. The van der Waals surface area contributed by atoms with E-state index in [1.54, 1.807) is 25.1 Å². The van der Waals surface area contributed by atoms with E-state index < -0.39 is 26.0 Å². The van der Waals surface area contributed by atoms with Crippen molar-refractivity contribution in [2.75, 3.05) is 23.1 Å². The van der Waals surface area contributed by atoms with Gasteiger partial charge in [0.2, 0.25) is 10.0 Å². The quantitative estimate of drug-likeness (QED) is 0.296. The first kappa shape index (κ1) is 27.8. The summed E-state index contributed by atoms with van der Waals surface area (Å²) in [6, 6.07) is 23.3. The number of benzene rings is 4. The van der Waals surface area contributed by atoms with Gasteiger partial charge in [-0.25, -0.2) is 16.8 Å². The molecule has 0 aliphatic carbocycles. The Morgan fingerprint density at radius 3 is 2.20 bits per heavy atom. The van der Waals surface area contributed by atoms with Crippen LogP contribution in [0.15, 0.2) is 94.7 Å². The Balaban J connectivity index is 1.32. The molecule has 1 heterocycles. The topological polar surface area (TPSA) is 113 Å². The summed E-state index contributed by atoms with van der Waals surface area (Å²) in [5.74, 6) is 0.00693. The van der Waals surface area contributed by atoms with Gasteiger partial charge in [0.25, 0.3) is 15.9 Å². The fourth-order valence-corrected chi connectivity index (χ4v) is 7.39. The van der Waals surface area contributed by atoms with Crippen molar-refractivity contribution in [2.24, 2.45) is 5.92 Å². The maximum atomic E-state index is 13.2. The second kappa shape index (κ2) is 11.0. The van der Waals surface area contributed by atoms with Gasteiger partial charge < -0.3 is 5.32 Å². The summed E-state index contributed by atoms with van der Waals surface area (Å²) in [6.45, 7) is 4.78. The number of sulfonamides is 2. The summed E-state index contributed by atoms with van der Waals surface area (Å²) >= 11 is 0. The van der Waals surface area contributed by atoms with Gasteiger partial charge in [-0.2, -0.15) is 4.31 Å². The van der Waals surface area contributed by atoms with Crippen LogP contribution in [0.25, 0.3) is 10.8 Å². The van der Waals surface area contributed by atoms with Crippen LogP contribution in [0.3, 0.4) is 0 Å². The molecule has 0 saturated carbocycles. The molecule has 208 valence electrons. The lowest BCUT2D eigenvalue weighted by Gasteiger charge is -2.29. The minimum atomic E-state index is -3.88. The number of rotatable bonds is 7. The molecule has 2 N–H and O–H groups in total. The highest BCUT2D eigenvalue weighted by Crippen LogP contribution is 2.27. The fourth-order valence-electron chi connectivity index (χ4n) is 4.81. The third-order valence-electron chi connectivity index (χ3n) is 7.29. The minimum absolute atomic E-state index is 0.0403. The van der Waals surface area contributed by atoms with Gasteiger partial charge in [-0.3, -0.25) is 9.52 Å². The first-order valence-electron chi connectivity index (χ1n) is 13.1. The van der Waals surface area contributed by atoms with Gasteiger partial charge in [0, 0.05) is 29.7 Å². The molecule has 4 aromatic rings. The Hall–Kier alpha value is -3.73. The predicted molar refractivity (Wildman–Crippen MR) is 157 cm³/mol. The summed E-state index contributed by atoms with van der Waals surface area (Å²) < 4.78 is 56.7. The van der Waals surface area contributed by atoms with Gasteiger partial charge >= 0.3 is 0 Å². The fraction of sp³-hybridized carbons (Fsp3) is 0.233. The van der Waals surface area contributed by atoms with E-state index in [9.17, 15) is 21.6 Å². The highest BCUT2D eigenvalue weighted by Gasteiger charge is 2.29. The van der Waals surface area contributed by atoms with E-state index in [1.807, 2.05) is 30.3 Å². The zero-order valence-corrected chi connectivity index (χ0v) is 23.9. The van der Waals surface area contributed by atoms with Gasteiger partial charge in [0.15, 0.2) is 0 Å².